The number of hydrogen-bond donors (Lipinski definition) is 1. The molecule has 2 aliphatic heterocycles. The van der Waals surface area contributed by atoms with Crippen LogP contribution in [0.25, 0.3) is 0 Å². The highest BCUT2D eigenvalue weighted by Gasteiger charge is 2.48. The third kappa shape index (κ3) is 4.06. The molecule has 2 atom stereocenters. The van der Waals surface area contributed by atoms with E-state index < -0.39 is 16.1 Å². The van der Waals surface area contributed by atoms with Crippen molar-refractivity contribution in [1.82, 2.24) is 19.8 Å². The van der Waals surface area contributed by atoms with Gasteiger partial charge in [0.05, 0.1) is 12.6 Å². The molecule has 156 valence electrons. The zero-order valence-corrected chi connectivity index (χ0v) is 17.1. The van der Waals surface area contributed by atoms with Gasteiger partial charge in [-0.25, -0.2) is 4.79 Å². The maximum Gasteiger partial charge on any atom is 0.415 e. The molecule has 1 fully saturated rings. The van der Waals surface area contributed by atoms with Crippen LogP contribution in [0.2, 0.25) is 0 Å². The molecule has 0 spiro atoms. The van der Waals surface area contributed by atoms with Crippen molar-refractivity contribution in [1.29, 1.82) is 0 Å². The number of aromatic nitrogens is 2. The third-order valence-corrected chi connectivity index (χ3v) is 5.35. The highest BCUT2D eigenvalue weighted by molar-refractivity contribution is 5.68. The number of ether oxygens (including phenoxy) is 2. The van der Waals surface area contributed by atoms with Crippen molar-refractivity contribution in [2.45, 2.75) is 64.3 Å². The lowest BCUT2D eigenvalue weighted by Crippen LogP contribution is -2.57. The number of amides is 1. The molecule has 0 aliphatic carbocycles. The van der Waals surface area contributed by atoms with Crippen molar-refractivity contribution in [3.63, 3.8) is 0 Å². The minimum atomic E-state index is -0.565. The van der Waals surface area contributed by atoms with Gasteiger partial charge in [0.25, 0.3) is 0 Å². The number of rotatable bonds is 4. The highest BCUT2D eigenvalue weighted by Crippen LogP contribution is 2.37. The van der Waals surface area contributed by atoms with E-state index in [1.165, 1.54) is 6.20 Å². The van der Waals surface area contributed by atoms with Crippen LogP contribution in [0.3, 0.4) is 0 Å². The molecule has 1 aromatic rings. The zero-order valence-electron chi connectivity index (χ0n) is 17.1. The summed E-state index contributed by atoms with van der Waals surface area (Å²) in [5.74, 6) is 0.0944. The number of carbonyl (C=O) groups excluding carboxylic acids is 1. The Morgan fingerprint density at radius 3 is 2.61 bits per heavy atom. The summed E-state index contributed by atoms with van der Waals surface area (Å²) < 4.78 is 13.2. The first-order valence-electron chi connectivity index (χ1n) is 9.58. The number of imidazole rings is 1. The van der Waals surface area contributed by atoms with Gasteiger partial charge in [-0.15, -0.1) is 0 Å². The number of nitrogens with zero attached hydrogens (tertiary/aromatic N) is 4. The minimum Gasteiger partial charge on any atom is -0.444 e. The first kappa shape index (κ1) is 20.4. The van der Waals surface area contributed by atoms with Gasteiger partial charge in [-0.2, -0.15) is 0 Å². The van der Waals surface area contributed by atoms with Crippen molar-refractivity contribution in [2.75, 3.05) is 20.1 Å². The largest absolute Gasteiger partial charge is 0.444 e. The van der Waals surface area contributed by atoms with Crippen molar-refractivity contribution in [3.8, 4) is 6.01 Å². The first-order chi connectivity index (χ1) is 13.0. The Morgan fingerprint density at radius 1 is 1.46 bits per heavy atom. The third-order valence-electron chi connectivity index (χ3n) is 5.35. The van der Waals surface area contributed by atoms with Gasteiger partial charge >= 0.3 is 17.9 Å². The summed E-state index contributed by atoms with van der Waals surface area (Å²) in [6.07, 6.45) is 2.79. The second-order valence-electron chi connectivity index (χ2n) is 8.75. The molecule has 10 heteroatoms. The molecule has 0 aromatic carbocycles. The van der Waals surface area contributed by atoms with Crippen LogP contribution in [0.1, 0.15) is 40.5 Å². The van der Waals surface area contributed by atoms with Crippen molar-refractivity contribution in [2.24, 2.45) is 5.92 Å². The second kappa shape index (κ2) is 7.23. The molecule has 2 unspecified atom stereocenters. The van der Waals surface area contributed by atoms with Crippen LogP contribution >= 0.6 is 0 Å². The number of likely N-dealkylation sites (N-methyl/N-ethyl adjacent to an activating group) is 1. The second-order valence-corrected chi connectivity index (χ2v) is 8.75. The maximum atomic E-state index is 12.3. The van der Waals surface area contributed by atoms with E-state index in [1.807, 2.05) is 34.7 Å². The fraction of sp³-hybridized carbons (Fsp3) is 0.778. The molecule has 2 aliphatic rings. The quantitative estimate of drug-likeness (QED) is 0.614. The van der Waals surface area contributed by atoms with Gasteiger partial charge in [-0.1, -0.05) is 0 Å². The molecule has 1 saturated heterocycles. The number of hydrogen-bond acceptors (Lipinski definition) is 7. The molecule has 10 nitrogen and oxygen atoms in total. The Labute approximate surface area is 164 Å². The zero-order chi connectivity index (χ0) is 20.7. The van der Waals surface area contributed by atoms with Crippen molar-refractivity contribution in [3.05, 3.63) is 16.3 Å². The van der Waals surface area contributed by atoms with Crippen LogP contribution in [0.5, 0.6) is 6.01 Å². The molecular formula is C18H29N5O5. The summed E-state index contributed by atoms with van der Waals surface area (Å²) in [4.78, 5) is 28.4. The standard InChI is InChI=1S/C18H29N5O5/c1-17(2,3)28-16(24)21-8-6-12(7-9-21)14(19-5)18(4)11-22-10-13(23(25)26)20-15(22)27-18/h10,12,14,19H,6-9,11H2,1-5H3. The lowest BCUT2D eigenvalue weighted by atomic mass is 9.80. The Morgan fingerprint density at radius 2 is 2.11 bits per heavy atom. The molecule has 1 aromatic heterocycles. The van der Waals surface area contributed by atoms with E-state index in [-0.39, 0.29) is 24.0 Å². The van der Waals surface area contributed by atoms with Gasteiger partial charge in [0.2, 0.25) is 0 Å². The molecule has 0 bridgehead atoms. The van der Waals surface area contributed by atoms with E-state index >= 15 is 0 Å². The summed E-state index contributed by atoms with van der Waals surface area (Å²) >= 11 is 0. The normalized spacial score (nSPS) is 23.8. The topological polar surface area (TPSA) is 112 Å². The van der Waals surface area contributed by atoms with Crippen LogP contribution in [0.4, 0.5) is 10.6 Å². The average Bonchev–Trinajstić information content (AvgIpc) is 3.10. The molecule has 3 rings (SSSR count). The van der Waals surface area contributed by atoms with Crippen molar-refractivity contribution >= 4 is 11.9 Å². The predicted octanol–water partition coefficient (Wildman–Crippen LogP) is 2.18. The number of carbonyl (C=O) groups is 1. The summed E-state index contributed by atoms with van der Waals surface area (Å²) in [7, 11) is 1.89. The van der Waals surface area contributed by atoms with E-state index in [2.05, 4.69) is 10.3 Å². The molecule has 0 saturated carbocycles. The van der Waals surface area contributed by atoms with Crippen LogP contribution in [0.15, 0.2) is 6.20 Å². The number of nitrogens with one attached hydrogen (secondary N) is 1. The number of likely N-dealkylation sites (tertiary alicyclic amines) is 1. The van der Waals surface area contributed by atoms with Crippen LogP contribution in [0, 0.1) is 16.0 Å². The fourth-order valence-electron chi connectivity index (χ4n) is 4.19. The van der Waals surface area contributed by atoms with Gasteiger partial charge < -0.3 is 29.8 Å². The SMILES string of the molecule is CNC(C1CCN(C(=O)OC(C)(C)C)CC1)C1(C)Cn2cc([N+](=O)[O-])nc2O1. The molecular weight excluding hydrogens is 366 g/mol. The molecule has 28 heavy (non-hydrogen) atoms. The van der Waals surface area contributed by atoms with Gasteiger partial charge in [0, 0.05) is 18.1 Å². The van der Waals surface area contributed by atoms with Gasteiger partial charge in [-0.3, -0.25) is 4.57 Å². The fourth-order valence-corrected chi connectivity index (χ4v) is 4.19. The summed E-state index contributed by atoms with van der Waals surface area (Å²) in [5, 5.41) is 14.3. The summed E-state index contributed by atoms with van der Waals surface area (Å²) in [6.45, 7) is 9.33. The first-order valence-corrected chi connectivity index (χ1v) is 9.58. The summed E-state index contributed by atoms with van der Waals surface area (Å²) in [6, 6.07) is 0.301. The molecule has 1 amide bonds. The van der Waals surface area contributed by atoms with Gasteiger partial charge in [0.1, 0.15) is 17.4 Å². The van der Waals surface area contributed by atoms with Crippen LogP contribution in [-0.4, -0.2) is 62.8 Å². The van der Waals surface area contributed by atoms with E-state index in [0.29, 0.717) is 25.6 Å². The van der Waals surface area contributed by atoms with E-state index in [1.54, 1.807) is 9.47 Å². The van der Waals surface area contributed by atoms with E-state index in [4.69, 9.17) is 9.47 Å². The van der Waals surface area contributed by atoms with E-state index in [0.717, 1.165) is 12.8 Å². The number of piperidine rings is 1. The lowest BCUT2D eigenvalue weighted by Gasteiger charge is -2.41. The van der Waals surface area contributed by atoms with Crippen LogP contribution in [-0.2, 0) is 11.3 Å². The van der Waals surface area contributed by atoms with E-state index in [9.17, 15) is 14.9 Å². The summed E-state index contributed by atoms with van der Waals surface area (Å²) in [5.41, 5.74) is -1.07. The minimum absolute atomic E-state index is 0.0223. The van der Waals surface area contributed by atoms with Gasteiger partial charge in [0.15, 0.2) is 0 Å². The highest BCUT2D eigenvalue weighted by atomic mass is 16.6. The Bertz CT molecular complexity index is 725. The Kier molecular flexibility index (Phi) is 5.26. The average molecular weight is 395 g/mol. The molecule has 3 heterocycles. The monoisotopic (exact) mass is 395 g/mol. The smallest absolute Gasteiger partial charge is 0.415 e. The lowest BCUT2D eigenvalue weighted by molar-refractivity contribution is -0.389. The molecule has 1 N–H and O–H groups in total. The Balaban J connectivity index is 1.62. The van der Waals surface area contributed by atoms with Crippen LogP contribution < -0.4 is 10.1 Å². The number of nitro groups is 1. The number of fused-ring (bicyclic) bond motifs is 1. The predicted molar refractivity (Wildman–Crippen MR) is 101 cm³/mol. The maximum absolute atomic E-state index is 12.3. The van der Waals surface area contributed by atoms with Gasteiger partial charge in [-0.05, 0) is 58.4 Å². The molecule has 0 radical (unpaired) electrons. The van der Waals surface area contributed by atoms with Crippen molar-refractivity contribution < 1.29 is 19.2 Å². The Hall–Kier alpha value is -2.36.